The van der Waals surface area contributed by atoms with Crippen molar-refractivity contribution in [3.8, 4) is 0 Å². The van der Waals surface area contributed by atoms with Gasteiger partial charge in [0.1, 0.15) is 5.82 Å². The van der Waals surface area contributed by atoms with Gasteiger partial charge in [0.15, 0.2) is 5.17 Å². The lowest BCUT2D eigenvalue weighted by Gasteiger charge is -2.23. The summed E-state index contributed by atoms with van der Waals surface area (Å²) in [5.74, 6) is -0.561. The zero-order valence-corrected chi connectivity index (χ0v) is 17.6. The highest BCUT2D eigenvalue weighted by Crippen LogP contribution is 2.33. The molecule has 1 aromatic carbocycles. The van der Waals surface area contributed by atoms with E-state index in [0.29, 0.717) is 12.5 Å². The number of benzene rings is 1. The van der Waals surface area contributed by atoms with Gasteiger partial charge in [0.05, 0.1) is 17.8 Å². The third-order valence-corrected chi connectivity index (χ3v) is 6.58. The summed E-state index contributed by atoms with van der Waals surface area (Å²) >= 11 is 1.76. The Bertz CT molecular complexity index is 664. The summed E-state index contributed by atoms with van der Waals surface area (Å²) in [6.07, 6.45) is 7.84. The lowest BCUT2D eigenvalue weighted by Crippen LogP contribution is -2.36. The van der Waals surface area contributed by atoms with Crippen LogP contribution in [0, 0.1) is 5.82 Å². The molecule has 2 unspecified atom stereocenters. The molecule has 1 aliphatic heterocycles. The maximum atomic E-state index is 13.7. The molecular formula is C20H29ClFN3OS. The van der Waals surface area contributed by atoms with Crippen LogP contribution in [0.4, 0.5) is 10.1 Å². The highest BCUT2D eigenvalue weighted by molar-refractivity contribution is 8.14. The molecule has 2 fully saturated rings. The molecule has 7 heteroatoms. The number of hydrogen-bond donors (Lipinski definition) is 1. The number of aliphatic imine (C=N–C) groups is 1. The Morgan fingerprint density at radius 2 is 1.93 bits per heavy atom. The molecule has 2 aliphatic rings. The fraction of sp³-hybridized carbons (Fsp3) is 0.600. The van der Waals surface area contributed by atoms with Gasteiger partial charge in [-0.3, -0.25) is 9.79 Å². The van der Waals surface area contributed by atoms with Crippen molar-refractivity contribution in [3.63, 3.8) is 0 Å². The maximum Gasteiger partial charge on any atom is 0.226 e. The first kappa shape index (κ1) is 22.0. The quantitative estimate of drug-likeness (QED) is 0.699. The van der Waals surface area contributed by atoms with E-state index in [1.54, 1.807) is 30.0 Å². The molecule has 1 saturated heterocycles. The minimum absolute atomic E-state index is 0. The molecule has 1 aromatic rings. The van der Waals surface area contributed by atoms with E-state index in [4.69, 9.17) is 4.99 Å². The fourth-order valence-corrected chi connectivity index (χ4v) is 4.99. The van der Waals surface area contributed by atoms with E-state index in [1.165, 1.54) is 44.6 Å². The number of carbonyl (C=O) groups is 1. The van der Waals surface area contributed by atoms with E-state index in [-0.39, 0.29) is 35.3 Å². The number of amidine groups is 1. The largest absolute Gasteiger partial charge is 0.350 e. The van der Waals surface area contributed by atoms with Crippen molar-refractivity contribution >= 4 is 40.9 Å². The van der Waals surface area contributed by atoms with Crippen molar-refractivity contribution < 1.29 is 9.18 Å². The van der Waals surface area contributed by atoms with Crippen LogP contribution in [-0.2, 0) is 4.79 Å². The van der Waals surface area contributed by atoms with E-state index in [0.717, 1.165) is 5.17 Å². The maximum absolute atomic E-state index is 13.7. The zero-order valence-electron chi connectivity index (χ0n) is 16.0. The van der Waals surface area contributed by atoms with Crippen LogP contribution in [0.2, 0.25) is 0 Å². The van der Waals surface area contributed by atoms with Gasteiger partial charge in [0.25, 0.3) is 0 Å². The first-order valence-electron chi connectivity index (χ1n) is 9.56. The van der Waals surface area contributed by atoms with Gasteiger partial charge in [-0.05, 0) is 25.0 Å². The Morgan fingerprint density at radius 1 is 1.26 bits per heavy atom. The predicted octanol–water partition coefficient (Wildman–Crippen LogP) is 5.09. The molecule has 0 aromatic heterocycles. The number of nitrogens with zero attached hydrogens (tertiary/aromatic N) is 2. The third kappa shape index (κ3) is 5.85. The minimum Gasteiger partial charge on any atom is -0.350 e. The second kappa shape index (κ2) is 10.3. The molecular weight excluding hydrogens is 385 g/mol. The summed E-state index contributed by atoms with van der Waals surface area (Å²) in [6, 6.07) is 6.77. The monoisotopic (exact) mass is 413 g/mol. The molecule has 1 saturated carbocycles. The number of para-hydroxylation sites is 1. The van der Waals surface area contributed by atoms with Crippen LogP contribution in [0.25, 0.3) is 0 Å². The molecule has 0 bridgehead atoms. The summed E-state index contributed by atoms with van der Waals surface area (Å²) in [5.41, 5.74) is 0.241. The summed E-state index contributed by atoms with van der Waals surface area (Å²) in [6.45, 7) is 2.14. The van der Waals surface area contributed by atoms with Crippen molar-refractivity contribution in [3.05, 3.63) is 30.1 Å². The number of halogens is 2. The van der Waals surface area contributed by atoms with Crippen LogP contribution < -0.4 is 5.32 Å². The van der Waals surface area contributed by atoms with Gasteiger partial charge >= 0.3 is 0 Å². The molecule has 27 heavy (non-hydrogen) atoms. The predicted molar refractivity (Wildman–Crippen MR) is 114 cm³/mol. The molecule has 150 valence electrons. The first-order chi connectivity index (χ1) is 12.5. The summed E-state index contributed by atoms with van der Waals surface area (Å²) < 4.78 is 13.7. The third-order valence-electron chi connectivity index (χ3n) is 5.29. The van der Waals surface area contributed by atoms with Gasteiger partial charge in [-0.1, -0.05) is 56.5 Å². The van der Waals surface area contributed by atoms with Gasteiger partial charge in [-0.2, -0.15) is 0 Å². The lowest BCUT2D eigenvalue weighted by atomic mass is 10.1. The molecule has 0 radical (unpaired) electrons. The summed E-state index contributed by atoms with van der Waals surface area (Å²) in [4.78, 5) is 19.5. The van der Waals surface area contributed by atoms with Crippen LogP contribution in [0.3, 0.4) is 0 Å². The molecule has 1 aliphatic carbocycles. The number of anilines is 1. The minimum atomic E-state index is -0.404. The number of rotatable bonds is 4. The highest BCUT2D eigenvalue weighted by Gasteiger charge is 2.36. The van der Waals surface area contributed by atoms with Crippen molar-refractivity contribution in [2.75, 3.05) is 12.4 Å². The van der Waals surface area contributed by atoms with Gasteiger partial charge < -0.3 is 10.2 Å². The number of amides is 1. The zero-order chi connectivity index (χ0) is 18.5. The highest BCUT2D eigenvalue weighted by atomic mass is 35.5. The van der Waals surface area contributed by atoms with Crippen LogP contribution in [-0.4, -0.2) is 40.4 Å². The van der Waals surface area contributed by atoms with Gasteiger partial charge in [-0.15, -0.1) is 12.4 Å². The second-order valence-corrected chi connectivity index (χ2v) is 8.63. The average Bonchev–Trinajstić information content (AvgIpc) is 2.81. The summed E-state index contributed by atoms with van der Waals surface area (Å²) in [7, 11) is 2.02. The fourth-order valence-electron chi connectivity index (χ4n) is 3.71. The van der Waals surface area contributed by atoms with Gasteiger partial charge in [0.2, 0.25) is 5.91 Å². The average molecular weight is 414 g/mol. The van der Waals surface area contributed by atoms with Crippen LogP contribution in [0.1, 0.15) is 51.9 Å². The standard InChI is InChI=1S/C20H28FN3OS.ClH/c1-14-18(13-19(25)23-17-12-8-7-11-16(17)21)24(2)20(26-14)22-15-9-5-3-4-6-10-15;/h7-8,11-12,14-15,18H,3-6,9-10,13H2,1-2H3,(H,23,25);1H/b22-20-;. The van der Waals surface area contributed by atoms with Crippen molar-refractivity contribution in [2.24, 2.45) is 4.99 Å². The number of hydrogen-bond acceptors (Lipinski definition) is 3. The Labute approximate surface area is 171 Å². The Hall–Kier alpha value is -1.27. The van der Waals surface area contributed by atoms with E-state index >= 15 is 0 Å². The van der Waals surface area contributed by atoms with E-state index in [2.05, 4.69) is 17.1 Å². The van der Waals surface area contributed by atoms with E-state index in [9.17, 15) is 9.18 Å². The first-order valence-corrected chi connectivity index (χ1v) is 10.4. The Morgan fingerprint density at radius 3 is 2.59 bits per heavy atom. The van der Waals surface area contributed by atoms with Gasteiger partial charge in [-0.25, -0.2) is 4.39 Å². The van der Waals surface area contributed by atoms with Crippen LogP contribution in [0.5, 0.6) is 0 Å². The lowest BCUT2D eigenvalue weighted by molar-refractivity contribution is -0.117. The molecule has 4 nitrogen and oxygen atoms in total. The van der Waals surface area contributed by atoms with Crippen LogP contribution >= 0.6 is 24.2 Å². The number of thioether (sulfide) groups is 1. The smallest absolute Gasteiger partial charge is 0.226 e. The Balaban J connectivity index is 0.00000261. The molecule has 2 atom stereocenters. The van der Waals surface area contributed by atoms with E-state index in [1.807, 2.05) is 7.05 Å². The normalized spacial score (nSPS) is 25.1. The van der Waals surface area contributed by atoms with Crippen LogP contribution in [0.15, 0.2) is 29.3 Å². The van der Waals surface area contributed by atoms with Crippen molar-refractivity contribution in [2.45, 2.75) is 69.2 Å². The van der Waals surface area contributed by atoms with Gasteiger partial charge in [0, 0.05) is 18.7 Å². The SMILES string of the molecule is CC1S/C(=N\C2CCCCCC2)N(C)C1CC(=O)Nc1ccccc1F.Cl. The Kier molecular flexibility index (Phi) is 8.42. The molecule has 1 N–H and O–H groups in total. The molecule has 1 amide bonds. The van der Waals surface area contributed by atoms with Crippen molar-refractivity contribution in [1.82, 2.24) is 4.90 Å². The summed E-state index contributed by atoms with van der Waals surface area (Å²) in [5, 5.41) is 4.03. The number of nitrogens with one attached hydrogen (secondary N) is 1. The van der Waals surface area contributed by atoms with E-state index < -0.39 is 5.82 Å². The second-order valence-electron chi connectivity index (χ2n) is 7.29. The molecule has 1 heterocycles. The topological polar surface area (TPSA) is 44.7 Å². The van der Waals surface area contributed by atoms with Crippen molar-refractivity contribution in [1.29, 1.82) is 0 Å². The number of carbonyl (C=O) groups excluding carboxylic acids is 1. The molecule has 0 spiro atoms. The molecule has 3 rings (SSSR count).